The summed E-state index contributed by atoms with van der Waals surface area (Å²) >= 11 is 5.65. The minimum absolute atomic E-state index is 0.227. The highest BCUT2D eigenvalue weighted by Crippen LogP contribution is 2.27. The highest BCUT2D eigenvalue weighted by molar-refractivity contribution is 6.18. The van der Waals surface area contributed by atoms with Gasteiger partial charge in [-0.1, -0.05) is 24.0 Å². The van der Waals surface area contributed by atoms with Crippen molar-refractivity contribution in [3.05, 3.63) is 29.8 Å². The number of alkyl halides is 1. The van der Waals surface area contributed by atoms with Crippen LogP contribution in [0.25, 0.3) is 0 Å². The molecule has 2 nitrogen and oxygen atoms in total. The fraction of sp³-hybridized carbons (Fsp3) is 0.529. The summed E-state index contributed by atoms with van der Waals surface area (Å²) < 4.78 is 11.6. The lowest BCUT2D eigenvalue weighted by Crippen LogP contribution is -2.29. The van der Waals surface area contributed by atoms with E-state index in [1.165, 1.54) is 0 Å². The fourth-order valence-corrected chi connectivity index (χ4v) is 2.57. The van der Waals surface area contributed by atoms with Gasteiger partial charge >= 0.3 is 0 Å². The van der Waals surface area contributed by atoms with Gasteiger partial charge in [0.1, 0.15) is 11.9 Å². The SMILES string of the molecule is COC1CCCC(Oc2ccccc2C#CCCCl)C1. The van der Waals surface area contributed by atoms with Crippen molar-refractivity contribution < 1.29 is 9.47 Å². The maximum atomic E-state index is 6.13. The molecular weight excluding hydrogens is 272 g/mol. The molecule has 1 aliphatic rings. The van der Waals surface area contributed by atoms with Crippen LogP contribution in [0.3, 0.4) is 0 Å². The number of para-hydroxylation sites is 1. The van der Waals surface area contributed by atoms with Crippen molar-refractivity contribution in [3.8, 4) is 17.6 Å². The van der Waals surface area contributed by atoms with Crippen molar-refractivity contribution in [2.24, 2.45) is 0 Å². The van der Waals surface area contributed by atoms with Gasteiger partial charge in [0.05, 0.1) is 11.7 Å². The third-order valence-electron chi connectivity index (χ3n) is 3.53. The molecule has 1 aromatic carbocycles. The molecule has 2 rings (SSSR count). The Hall–Kier alpha value is -1.17. The minimum atomic E-state index is 0.227. The molecule has 0 saturated heterocycles. The Labute approximate surface area is 126 Å². The molecule has 0 aliphatic heterocycles. The summed E-state index contributed by atoms with van der Waals surface area (Å²) in [6.07, 6.45) is 5.58. The van der Waals surface area contributed by atoms with Crippen LogP contribution in [0.2, 0.25) is 0 Å². The van der Waals surface area contributed by atoms with Gasteiger partial charge < -0.3 is 9.47 Å². The van der Waals surface area contributed by atoms with Crippen molar-refractivity contribution in [2.45, 2.75) is 44.3 Å². The largest absolute Gasteiger partial charge is 0.489 e. The lowest BCUT2D eigenvalue weighted by atomic mass is 9.95. The van der Waals surface area contributed by atoms with Crippen LogP contribution in [-0.4, -0.2) is 25.2 Å². The molecule has 1 fully saturated rings. The number of hydrogen-bond donors (Lipinski definition) is 0. The van der Waals surface area contributed by atoms with Crippen LogP contribution in [0.1, 0.15) is 37.7 Å². The fourth-order valence-electron chi connectivity index (χ4n) is 2.48. The van der Waals surface area contributed by atoms with Crippen molar-refractivity contribution in [3.63, 3.8) is 0 Å². The van der Waals surface area contributed by atoms with Gasteiger partial charge in [-0.25, -0.2) is 0 Å². The second-order valence-electron chi connectivity index (χ2n) is 5.00. The minimum Gasteiger partial charge on any atom is -0.489 e. The molecule has 1 saturated carbocycles. The Morgan fingerprint density at radius 2 is 2.05 bits per heavy atom. The van der Waals surface area contributed by atoms with Crippen LogP contribution in [0.5, 0.6) is 5.75 Å². The van der Waals surface area contributed by atoms with Gasteiger partial charge in [-0.15, -0.1) is 11.6 Å². The molecule has 2 unspecified atom stereocenters. The Morgan fingerprint density at radius 3 is 2.85 bits per heavy atom. The third-order valence-corrected chi connectivity index (χ3v) is 3.72. The second kappa shape index (κ2) is 8.19. The van der Waals surface area contributed by atoms with Gasteiger partial charge in [-0.3, -0.25) is 0 Å². The number of benzene rings is 1. The van der Waals surface area contributed by atoms with Crippen molar-refractivity contribution in [1.82, 2.24) is 0 Å². The highest BCUT2D eigenvalue weighted by Gasteiger charge is 2.23. The van der Waals surface area contributed by atoms with Crippen LogP contribution in [0.15, 0.2) is 24.3 Å². The number of methoxy groups -OCH3 is 1. The molecule has 1 aliphatic carbocycles. The van der Waals surface area contributed by atoms with Gasteiger partial charge in [0.2, 0.25) is 0 Å². The van der Waals surface area contributed by atoms with E-state index in [0.29, 0.717) is 18.4 Å². The zero-order chi connectivity index (χ0) is 14.2. The average molecular weight is 293 g/mol. The maximum Gasteiger partial charge on any atom is 0.135 e. The molecule has 0 spiro atoms. The van der Waals surface area contributed by atoms with Crippen LogP contribution in [-0.2, 0) is 4.74 Å². The van der Waals surface area contributed by atoms with E-state index in [2.05, 4.69) is 11.8 Å². The van der Waals surface area contributed by atoms with Crippen LogP contribution >= 0.6 is 11.6 Å². The van der Waals surface area contributed by atoms with Crippen LogP contribution in [0, 0.1) is 11.8 Å². The summed E-state index contributed by atoms with van der Waals surface area (Å²) in [5.74, 6) is 7.64. The molecule has 0 bridgehead atoms. The first-order chi connectivity index (χ1) is 9.83. The van der Waals surface area contributed by atoms with Crippen molar-refractivity contribution in [2.75, 3.05) is 13.0 Å². The van der Waals surface area contributed by atoms with E-state index in [4.69, 9.17) is 21.1 Å². The molecule has 2 atom stereocenters. The van der Waals surface area contributed by atoms with Gasteiger partial charge in [-0.05, 0) is 31.4 Å². The Bertz CT molecular complexity index is 475. The quantitative estimate of drug-likeness (QED) is 0.617. The molecule has 1 aromatic rings. The predicted molar refractivity (Wildman–Crippen MR) is 82.3 cm³/mol. The van der Waals surface area contributed by atoms with Crippen LogP contribution in [0.4, 0.5) is 0 Å². The first-order valence-corrected chi connectivity index (χ1v) is 7.70. The predicted octanol–water partition coefficient (Wildman–Crippen LogP) is 4.00. The normalized spacial score (nSPS) is 21.9. The van der Waals surface area contributed by atoms with Crippen molar-refractivity contribution >= 4 is 11.6 Å². The van der Waals surface area contributed by atoms with Gasteiger partial charge in [0.15, 0.2) is 0 Å². The van der Waals surface area contributed by atoms with E-state index in [1.807, 2.05) is 24.3 Å². The summed E-state index contributed by atoms with van der Waals surface area (Å²) in [4.78, 5) is 0. The maximum absolute atomic E-state index is 6.13. The highest BCUT2D eigenvalue weighted by atomic mass is 35.5. The number of ether oxygens (including phenoxy) is 2. The molecule has 0 radical (unpaired) electrons. The van der Waals surface area contributed by atoms with Gasteiger partial charge in [0.25, 0.3) is 0 Å². The number of hydrogen-bond acceptors (Lipinski definition) is 2. The zero-order valence-electron chi connectivity index (χ0n) is 11.9. The van der Waals surface area contributed by atoms with Gasteiger partial charge in [0, 0.05) is 25.8 Å². The van der Waals surface area contributed by atoms with E-state index >= 15 is 0 Å². The topological polar surface area (TPSA) is 18.5 Å². The summed E-state index contributed by atoms with van der Waals surface area (Å²) in [5.41, 5.74) is 0.942. The lowest BCUT2D eigenvalue weighted by molar-refractivity contribution is 0.0209. The molecule has 0 N–H and O–H groups in total. The smallest absolute Gasteiger partial charge is 0.135 e. The van der Waals surface area contributed by atoms with Gasteiger partial charge in [-0.2, -0.15) is 0 Å². The van der Waals surface area contributed by atoms with E-state index in [-0.39, 0.29) is 6.10 Å². The molecule has 3 heteroatoms. The van der Waals surface area contributed by atoms with E-state index in [9.17, 15) is 0 Å². The molecule has 0 aromatic heterocycles. The first kappa shape index (κ1) is 15.2. The summed E-state index contributed by atoms with van der Waals surface area (Å²) in [6.45, 7) is 0. The molecule has 20 heavy (non-hydrogen) atoms. The second-order valence-corrected chi connectivity index (χ2v) is 5.38. The lowest BCUT2D eigenvalue weighted by Gasteiger charge is -2.29. The molecule has 108 valence electrons. The number of rotatable bonds is 4. The number of halogens is 1. The van der Waals surface area contributed by atoms with E-state index < -0.39 is 0 Å². The molecule has 0 heterocycles. The van der Waals surface area contributed by atoms with Crippen molar-refractivity contribution in [1.29, 1.82) is 0 Å². The Balaban J connectivity index is 2.03. The van der Waals surface area contributed by atoms with E-state index in [0.717, 1.165) is 37.0 Å². The average Bonchev–Trinajstić information content (AvgIpc) is 2.49. The monoisotopic (exact) mass is 292 g/mol. The summed E-state index contributed by atoms with van der Waals surface area (Å²) in [5, 5.41) is 0. The molecular formula is C17H21ClO2. The summed E-state index contributed by atoms with van der Waals surface area (Å²) in [6, 6.07) is 7.95. The zero-order valence-corrected chi connectivity index (χ0v) is 12.7. The Kier molecular flexibility index (Phi) is 6.24. The standard InChI is InChI=1S/C17H21ClO2/c1-19-15-9-6-10-16(13-15)20-17-11-3-2-7-14(17)8-4-5-12-18/h2-3,7,11,15-16H,5-6,9-10,12-13H2,1H3. The Morgan fingerprint density at radius 1 is 1.25 bits per heavy atom. The first-order valence-electron chi connectivity index (χ1n) is 7.16. The molecule has 0 amide bonds. The van der Waals surface area contributed by atoms with Crippen LogP contribution < -0.4 is 4.74 Å². The van der Waals surface area contributed by atoms with E-state index in [1.54, 1.807) is 7.11 Å². The summed E-state index contributed by atoms with van der Waals surface area (Å²) in [7, 11) is 1.78. The third kappa shape index (κ3) is 4.44.